The van der Waals surface area contributed by atoms with Crippen LogP contribution in [0.4, 0.5) is 0 Å². The van der Waals surface area contributed by atoms with E-state index in [4.69, 9.17) is 5.73 Å². The van der Waals surface area contributed by atoms with E-state index in [1.807, 2.05) is 4.90 Å². The third kappa shape index (κ3) is 1.22. The van der Waals surface area contributed by atoms with E-state index in [0.29, 0.717) is 5.91 Å². The average Bonchev–Trinajstić information content (AvgIpc) is 2.62. The van der Waals surface area contributed by atoms with Crippen molar-refractivity contribution >= 4 is 5.91 Å². The van der Waals surface area contributed by atoms with Crippen LogP contribution in [0.1, 0.15) is 26.2 Å². The van der Waals surface area contributed by atoms with Gasteiger partial charge in [-0.25, -0.2) is 0 Å². The Balaban J connectivity index is 1.97. The molecule has 0 aromatic carbocycles. The second-order valence-corrected chi connectivity index (χ2v) is 4.36. The summed E-state index contributed by atoms with van der Waals surface area (Å²) in [7, 11) is 0. The van der Waals surface area contributed by atoms with E-state index in [9.17, 15) is 4.79 Å². The molecule has 1 aliphatic heterocycles. The minimum Gasteiger partial charge on any atom is -0.341 e. The summed E-state index contributed by atoms with van der Waals surface area (Å²) in [6.07, 6.45) is 3.11. The molecule has 1 aliphatic carbocycles. The molecule has 3 heteroatoms. The first-order valence-electron chi connectivity index (χ1n) is 4.67. The van der Waals surface area contributed by atoms with Gasteiger partial charge in [-0.05, 0) is 19.3 Å². The number of carbonyl (C=O) groups is 1. The Morgan fingerprint density at radius 1 is 1.58 bits per heavy atom. The van der Waals surface area contributed by atoms with Gasteiger partial charge in [0.2, 0.25) is 5.91 Å². The molecule has 0 unspecified atom stereocenters. The smallest absolute Gasteiger partial charge is 0.228 e. The van der Waals surface area contributed by atoms with Crippen molar-refractivity contribution in [3.05, 3.63) is 0 Å². The van der Waals surface area contributed by atoms with E-state index in [0.717, 1.165) is 32.4 Å². The van der Waals surface area contributed by atoms with Crippen LogP contribution in [0.2, 0.25) is 0 Å². The lowest BCUT2D eigenvalue weighted by atomic mass is 10.1. The van der Waals surface area contributed by atoms with Crippen molar-refractivity contribution in [2.45, 2.75) is 32.2 Å². The van der Waals surface area contributed by atoms with Crippen LogP contribution in [0.5, 0.6) is 0 Å². The van der Waals surface area contributed by atoms with Crippen molar-refractivity contribution in [3.8, 4) is 0 Å². The van der Waals surface area contributed by atoms with Gasteiger partial charge in [0.25, 0.3) is 0 Å². The molecule has 12 heavy (non-hydrogen) atoms. The summed E-state index contributed by atoms with van der Waals surface area (Å²) in [6, 6.07) is 0.219. The van der Waals surface area contributed by atoms with Crippen LogP contribution in [0.3, 0.4) is 0 Å². The number of hydrogen-bond acceptors (Lipinski definition) is 2. The molecule has 2 aliphatic rings. The molecular formula is C9H16N2O. The Kier molecular flexibility index (Phi) is 1.65. The predicted octanol–water partition coefficient (Wildman–Crippen LogP) is 0.346. The largest absolute Gasteiger partial charge is 0.341 e. The zero-order valence-electron chi connectivity index (χ0n) is 7.55. The summed E-state index contributed by atoms with van der Waals surface area (Å²) >= 11 is 0. The van der Waals surface area contributed by atoms with Crippen molar-refractivity contribution in [1.82, 2.24) is 4.90 Å². The first-order valence-corrected chi connectivity index (χ1v) is 4.67. The van der Waals surface area contributed by atoms with Crippen molar-refractivity contribution in [1.29, 1.82) is 0 Å². The van der Waals surface area contributed by atoms with E-state index in [1.54, 1.807) is 0 Å². The van der Waals surface area contributed by atoms with Crippen LogP contribution in [-0.2, 0) is 4.79 Å². The van der Waals surface area contributed by atoms with Crippen molar-refractivity contribution < 1.29 is 4.79 Å². The molecule has 0 radical (unpaired) electrons. The number of nitrogens with two attached hydrogens (primary N) is 1. The van der Waals surface area contributed by atoms with Crippen LogP contribution in [-0.4, -0.2) is 29.9 Å². The summed E-state index contributed by atoms with van der Waals surface area (Å²) in [6.45, 7) is 3.70. The first kappa shape index (κ1) is 8.05. The van der Waals surface area contributed by atoms with Gasteiger partial charge in [0.1, 0.15) is 0 Å². The molecule has 0 aromatic rings. The van der Waals surface area contributed by atoms with Crippen LogP contribution < -0.4 is 5.73 Å². The van der Waals surface area contributed by atoms with Gasteiger partial charge in [0.15, 0.2) is 0 Å². The maximum atomic E-state index is 11.7. The molecule has 2 fully saturated rings. The molecule has 1 saturated carbocycles. The summed E-state index contributed by atoms with van der Waals surface area (Å²) in [4.78, 5) is 13.7. The molecule has 1 amide bonds. The van der Waals surface area contributed by atoms with Crippen LogP contribution in [0, 0.1) is 5.41 Å². The molecule has 0 bridgehead atoms. The van der Waals surface area contributed by atoms with Gasteiger partial charge in [0, 0.05) is 24.5 Å². The van der Waals surface area contributed by atoms with E-state index in [1.165, 1.54) is 0 Å². The molecule has 2 N–H and O–H groups in total. The highest BCUT2D eigenvalue weighted by atomic mass is 16.2. The van der Waals surface area contributed by atoms with E-state index in [-0.39, 0.29) is 11.5 Å². The quantitative estimate of drug-likeness (QED) is 0.614. The highest BCUT2D eigenvalue weighted by molar-refractivity contribution is 5.85. The van der Waals surface area contributed by atoms with Gasteiger partial charge < -0.3 is 10.6 Å². The van der Waals surface area contributed by atoms with Gasteiger partial charge in [-0.3, -0.25) is 4.79 Å². The molecule has 0 aromatic heterocycles. The fourth-order valence-corrected chi connectivity index (χ4v) is 1.75. The Labute approximate surface area is 72.9 Å². The molecular weight excluding hydrogens is 152 g/mol. The molecule has 1 atom stereocenters. The summed E-state index contributed by atoms with van der Waals surface area (Å²) in [5.41, 5.74) is 5.72. The van der Waals surface area contributed by atoms with Gasteiger partial charge in [-0.15, -0.1) is 0 Å². The molecule has 1 saturated heterocycles. The molecule has 2 rings (SSSR count). The lowest BCUT2D eigenvalue weighted by Gasteiger charge is -2.19. The van der Waals surface area contributed by atoms with E-state index >= 15 is 0 Å². The summed E-state index contributed by atoms with van der Waals surface area (Å²) in [5, 5.41) is 0. The lowest BCUT2D eigenvalue weighted by Crippen LogP contribution is -2.36. The van der Waals surface area contributed by atoms with Gasteiger partial charge in [-0.1, -0.05) is 6.92 Å². The van der Waals surface area contributed by atoms with Crippen molar-refractivity contribution in [2.75, 3.05) is 13.1 Å². The number of rotatable bonds is 1. The Morgan fingerprint density at radius 3 is 2.67 bits per heavy atom. The second kappa shape index (κ2) is 2.46. The Bertz CT molecular complexity index is 211. The maximum absolute atomic E-state index is 11.7. The standard InChI is InChI=1S/C9H16N2O/c1-9(3-4-9)8(12)11-5-2-7(10)6-11/h7H,2-6,10H2,1H3/t7-/m0/s1. The number of amides is 1. The number of carbonyl (C=O) groups excluding carboxylic acids is 1. The molecule has 0 spiro atoms. The molecule has 3 nitrogen and oxygen atoms in total. The van der Waals surface area contributed by atoms with Crippen LogP contribution in [0.25, 0.3) is 0 Å². The summed E-state index contributed by atoms with van der Waals surface area (Å²) < 4.78 is 0. The van der Waals surface area contributed by atoms with Gasteiger partial charge in [-0.2, -0.15) is 0 Å². The Hall–Kier alpha value is -0.570. The summed E-state index contributed by atoms with van der Waals surface area (Å²) in [5.74, 6) is 0.329. The minimum absolute atomic E-state index is 0.00986. The number of likely N-dealkylation sites (tertiary alicyclic amines) is 1. The SMILES string of the molecule is CC1(C(=O)N2CC[C@H](N)C2)CC1. The second-order valence-electron chi connectivity index (χ2n) is 4.36. The van der Waals surface area contributed by atoms with Gasteiger partial charge >= 0.3 is 0 Å². The lowest BCUT2D eigenvalue weighted by molar-refractivity contribution is -0.135. The predicted molar refractivity (Wildman–Crippen MR) is 46.5 cm³/mol. The normalized spacial score (nSPS) is 32.2. The topological polar surface area (TPSA) is 46.3 Å². The fourth-order valence-electron chi connectivity index (χ4n) is 1.75. The van der Waals surface area contributed by atoms with Gasteiger partial charge in [0.05, 0.1) is 0 Å². The van der Waals surface area contributed by atoms with Crippen molar-refractivity contribution in [2.24, 2.45) is 11.1 Å². The van der Waals surface area contributed by atoms with E-state index < -0.39 is 0 Å². The van der Waals surface area contributed by atoms with Crippen LogP contribution in [0.15, 0.2) is 0 Å². The molecule has 68 valence electrons. The third-order valence-electron chi connectivity index (χ3n) is 3.03. The Morgan fingerprint density at radius 2 is 2.25 bits per heavy atom. The maximum Gasteiger partial charge on any atom is 0.228 e. The first-order chi connectivity index (χ1) is 5.62. The fraction of sp³-hybridized carbons (Fsp3) is 0.889. The zero-order chi connectivity index (χ0) is 8.77. The number of nitrogens with zero attached hydrogens (tertiary/aromatic N) is 1. The van der Waals surface area contributed by atoms with Crippen molar-refractivity contribution in [3.63, 3.8) is 0 Å². The third-order valence-corrected chi connectivity index (χ3v) is 3.03. The highest BCUT2D eigenvalue weighted by Crippen LogP contribution is 2.46. The average molecular weight is 168 g/mol. The highest BCUT2D eigenvalue weighted by Gasteiger charge is 2.47. The number of hydrogen-bond donors (Lipinski definition) is 1. The zero-order valence-corrected chi connectivity index (χ0v) is 7.55. The monoisotopic (exact) mass is 168 g/mol. The molecule has 1 heterocycles. The van der Waals surface area contributed by atoms with Crippen LogP contribution >= 0.6 is 0 Å². The van der Waals surface area contributed by atoms with E-state index in [2.05, 4.69) is 6.92 Å². The minimum atomic E-state index is -0.00986.